The van der Waals surface area contributed by atoms with Crippen molar-refractivity contribution in [1.82, 2.24) is 4.90 Å². The number of ether oxygens (including phenoxy) is 1. The third-order valence-electron chi connectivity index (χ3n) is 3.99. The number of anilines is 1. The number of amides is 1. The lowest BCUT2D eigenvalue weighted by molar-refractivity contribution is -0.131. The van der Waals surface area contributed by atoms with E-state index < -0.39 is 0 Å². The van der Waals surface area contributed by atoms with E-state index in [1.54, 1.807) is 7.11 Å². The summed E-state index contributed by atoms with van der Waals surface area (Å²) in [5, 5.41) is 0. The van der Waals surface area contributed by atoms with Gasteiger partial charge in [-0.25, -0.2) is 0 Å². The van der Waals surface area contributed by atoms with Crippen LogP contribution in [0.2, 0.25) is 0 Å². The van der Waals surface area contributed by atoms with Crippen LogP contribution < -0.4 is 5.73 Å². The minimum atomic E-state index is 0. The molecule has 4 nitrogen and oxygen atoms in total. The summed E-state index contributed by atoms with van der Waals surface area (Å²) >= 11 is 0. The Balaban J connectivity index is 0.00000312. The first kappa shape index (κ1) is 21.0. The Kier molecular flexibility index (Phi) is 9.66. The molecule has 1 amide bonds. The van der Waals surface area contributed by atoms with Crippen LogP contribution in [0.5, 0.6) is 0 Å². The van der Waals surface area contributed by atoms with Crippen molar-refractivity contribution >= 4 is 24.0 Å². The molecule has 2 aromatic carbocycles. The molecule has 0 spiro atoms. The minimum absolute atomic E-state index is 0. The zero-order valence-electron chi connectivity index (χ0n) is 14.7. The molecule has 2 aromatic rings. The predicted molar refractivity (Wildman–Crippen MR) is 105 cm³/mol. The molecule has 5 heteroatoms. The summed E-state index contributed by atoms with van der Waals surface area (Å²) in [6.45, 7) is 1.92. The molecule has 2 N–H and O–H groups in total. The molecule has 0 aromatic heterocycles. The number of nitrogen functional groups attached to an aromatic ring is 1. The minimum Gasteiger partial charge on any atom is -0.399 e. The maximum absolute atomic E-state index is 12.6. The first-order valence-corrected chi connectivity index (χ1v) is 8.34. The average molecular weight is 363 g/mol. The number of aryl methyl sites for hydroxylation is 1. The molecule has 0 unspecified atom stereocenters. The number of nitrogens with two attached hydrogens (primary N) is 1. The fourth-order valence-electron chi connectivity index (χ4n) is 2.60. The molecule has 0 saturated heterocycles. The highest BCUT2D eigenvalue weighted by atomic mass is 35.5. The van der Waals surface area contributed by atoms with E-state index in [0.717, 1.165) is 24.9 Å². The van der Waals surface area contributed by atoms with E-state index in [1.165, 1.54) is 5.56 Å². The Morgan fingerprint density at radius 3 is 2.32 bits per heavy atom. The first-order chi connectivity index (χ1) is 11.7. The SMILES string of the molecule is COCCN(CCCc1ccccc1)C(=O)Cc1ccc(N)cc1.Cl. The third-order valence-corrected chi connectivity index (χ3v) is 3.99. The second-order valence-corrected chi connectivity index (χ2v) is 5.88. The monoisotopic (exact) mass is 362 g/mol. The Labute approximate surface area is 156 Å². The lowest BCUT2D eigenvalue weighted by Crippen LogP contribution is -2.36. The highest BCUT2D eigenvalue weighted by molar-refractivity contribution is 5.85. The summed E-state index contributed by atoms with van der Waals surface area (Å²) in [6, 6.07) is 17.8. The van der Waals surface area contributed by atoms with Crippen molar-refractivity contribution in [1.29, 1.82) is 0 Å². The lowest BCUT2D eigenvalue weighted by atomic mass is 10.1. The van der Waals surface area contributed by atoms with E-state index in [4.69, 9.17) is 10.5 Å². The summed E-state index contributed by atoms with van der Waals surface area (Å²) in [6.07, 6.45) is 2.32. The molecule has 0 heterocycles. The summed E-state index contributed by atoms with van der Waals surface area (Å²) in [5.74, 6) is 0.130. The molecule has 0 bridgehead atoms. The van der Waals surface area contributed by atoms with Gasteiger partial charge in [0.05, 0.1) is 13.0 Å². The molecule has 0 saturated carbocycles. The van der Waals surface area contributed by atoms with Crippen molar-refractivity contribution in [2.75, 3.05) is 32.5 Å². The summed E-state index contributed by atoms with van der Waals surface area (Å²) in [4.78, 5) is 14.5. The Hall–Kier alpha value is -2.04. The summed E-state index contributed by atoms with van der Waals surface area (Å²) in [5.41, 5.74) is 8.69. The van der Waals surface area contributed by atoms with Crippen LogP contribution in [0.25, 0.3) is 0 Å². The van der Waals surface area contributed by atoms with Crippen LogP contribution in [-0.2, 0) is 22.4 Å². The number of hydrogen-bond acceptors (Lipinski definition) is 3. The third kappa shape index (κ3) is 7.59. The van der Waals surface area contributed by atoms with Crippen molar-refractivity contribution < 1.29 is 9.53 Å². The number of methoxy groups -OCH3 is 1. The predicted octanol–water partition coefficient (Wildman–Crippen LogP) is 3.34. The van der Waals surface area contributed by atoms with Gasteiger partial charge in [0.25, 0.3) is 0 Å². The van der Waals surface area contributed by atoms with Gasteiger partial charge in [-0.05, 0) is 36.1 Å². The van der Waals surface area contributed by atoms with Gasteiger partial charge >= 0.3 is 0 Å². The van der Waals surface area contributed by atoms with E-state index in [1.807, 2.05) is 47.4 Å². The lowest BCUT2D eigenvalue weighted by Gasteiger charge is -2.22. The standard InChI is InChI=1S/C20H26N2O2.ClH/c1-24-15-14-22(13-5-8-17-6-3-2-4-7-17)20(23)16-18-9-11-19(21)12-10-18;/h2-4,6-7,9-12H,5,8,13-16,21H2,1H3;1H. The van der Waals surface area contributed by atoms with Gasteiger partial charge in [-0.3, -0.25) is 4.79 Å². The largest absolute Gasteiger partial charge is 0.399 e. The molecule has 0 aliphatic carbocycles. The number of benzene rings is 2. The van der Waals surface area contributed by atoms with Crippen LogP contribution in [0.4, 0.5) is 5.69 Å². The van der Waals surface area contributed by atoms with Crippen molar-refractivity contribution in [3.8, 4) is 0 Å². The number of hydrogen-bond donors (Lipinski definition) is 1. The average Bonchev–Trinajstić information content (AvgIpc) is 2.60. The Morgan fingerprint density at radius 2 is 1.68 bits per heavy atom. The fourth-order valence-corrected chi connectivity index (χ4v) is 2.60. The fraction of sp³-hybridized carbons (Fsp3) is 0.350. The van der Waals surface area contributed by atoms with Crippen molar-refractivity contribution in [3.05, 3.63) is 65.7 Å². The quantitative estimate of drug-likeness (QED) is 0.696. The van der Waals surface area contributed by atoms with E-state index >= 15 is 0 Å². The highest BCUT2D eigenvalue weighted by Gasteiger charge is 2.13. The summed E-state index contributed by atoms with van der Waals surface area (Å²) < 4.78 is 5.14. The van der Waals surface area contributed by atoms with Gasteiger partial charge in [0.2, 0.25) is 5.91 Å². The van der Waals surface area contributed by atoms with Gasteiger partial charge in [0.15, 0.2) is 0 Å². The van der Waals surface area contributed by atoms with Gasteiger partial charge in [0.1, 0.15) is 0 Å². The molecular formula is C20H27ClN2O2. The van der Waals surface area contributed by atoms with Crippen LogP contribution in [0, 0.1) is 0 Å². The molecule has 25 heavy (non-hydrogen) atoms. The van der Waals surface area contributed by atoms with Gasteiger partial charge in [0, 0.05) is 25.9 Å². The molecule has 0 aliphatic rings. The van der Waals surface area contributed by atoms with Crippen molar-refractivity contribution in [2.24, 2.45) is 0 Å². The van der Waals surface area contributed by atoms with E-state index in [9.17, 15) is 4.79 Å². The smallest absolute Gasteiger partial charge is 0.227 e. The second-order valence-electron chi connectivity index (χ2n) is 5.88. The Morgan fingerprint density at radius 1 is 1.00 bits per heavy atom. The molecule has 0 aliphatic heterocycles. The second kappa shape index (κ2) is 11.5. The van der Waals surface area contributed by atoms with Crippen LogP contribution in [0.1, 0.15) is 17.5 Å². The molecule has 0 atom stereocenters. The van der Waals surface area contributed by atoms with Crippen LogP contribution in [0.3, 0.4) is 0 Å². The van der Waals surface area contributed by atoms with Crippen molar-refractivity contribution in [3.63, 3.8) is 0 Å². The zero-order chi connectivity index (χ0) is 17.2. The van der Waals surface area contributed by atoms with Gasteiger partial charge in [-0.2, -0.15) is 0 Å². The number of rotatable bonds is 9. The van der Waals surface area contributed by atoms with Gasteiger partial charge < -0.3 is 15.4 Å². The molecule has 0 fully saturated rings. The van der Waals surface area contributed by atoms with E-state index in [2.05, 4.69) is 12.1 Å². The zero-order valence-corrected chi connectivity index (χ0v) is 15.5. The molecular weight excluding hydrogens is 336 g/mol. The number of halogens is 1. The van der Waals surface area contributed by atoms with E-state index in [-0.39, 0.29) is 18.3 Å². The van der Waals surface area contributed by atoms with Crippen LogP contribution in [0.15, 0.2) is 54.6 Å². The topological polar surface area (TPSA) is 55.6 Å². The molecule has 0 radical (unpaired) electrons. The summed E-state index contributed by atoms with van der Waals surface area (Å²) in [7, 11) is 1.66. The van der Waals surface area contributed by atoms with Gasteiger partial charge in [-0.15, -0.1) is 12.4 Å². The van der Waals surface area contributed by atoms with Crippen molar-refractivity contribution in [2.45, 2.75) is 19.3 Å². The number of carbonyl (C=O) groups excluding carboxylic acids is 1. The number of nitrogens with zero attached hydrogens (tertiary/aromatic N) is 1. The van der Waals surface area contributed by atoms with E-state index in [0.29, 0.717) is 25.3 Å². The maximum Gasteiger partial charge on any atom is 0.227 e. The first-order valence-electron chi connectivity index (χ1n) is 8.34. The maximum atomic E-state index is 12.6. The van der Waals surface area contributed by atoms with Crippen LogP contribution >= 0.6 is 12.4 Å². The number of carbonyl (C=O) groups is 1. The highest BCUT2D eigenvalue weighted by Crippen LogP contribution is 2.09. The van der Waals surface area contributed by atoms with Crippen LogP contribution in [-0.4, -0.2) is 37.6 Å². The normalized spacial score (nSPS) is 10.1. The molecule has 136 valence electrons. The van der Waals surface area contributed by atoms with Gasteiger partial charge in [-0.1, -0.05) is 42.5 Å². The Bertz CT molecular complexity index is 617. The molecule has 2 rings (SSSR count).